The van der Waals surface area contributed by atoms with Crippen molar-refractivity contribution in [2.24, 2.45) is 5.14 Å². The van der Waals surface area contributed by atoms with Crippen molar-refractivity contribution in [3.8, 4) is 0 Å². The summed E-state index contributed by atoms with van der Waals surface area (Å²) in [6.45, 7) is 0.279. The monoisotopic (exact) mass is 451 g/mol. The molecule has 1 aliphatic rings. The molecule has 156 valence electrons. The Hall–Kier alpha value is -3.11. The van der Waals surface area contributed by atoms with Gasteiger partial charge in [0.25, 0.3) is 5.91 Å². The van der Waals surface area contributed by atoms with Crippen LogP contribution in [-0.4, -0.2) is 24.4 Å². The van der Waals surface area contributed by atoms with Crippen LogP contribution in [0.3, 0.4) is 0 Å². The van der Waals surface area contributed by atoms with Crippen molar-refractivity contribution in [1.82, 2.24) is 4.98 Å². The van der Waals surface area contributed by atoms with Gasteiger partial charge < -0.3 is 10.0 Å². The van der Waals surface area contributed by atoms with Gasteiger partial charge in [-0.05, 0) is 41.5 Å². The number of sulfonamides is 1. The van der Waals surface area contributed by atoms with Gasteiger partial charge in [0.05, 0.1) is 32.9 Å². The van der Waals surface area contributed by atoms with Crippen LogP contribution >= 0.6 is 11.3 Å². The summed E-state index contributed by atoms with van der Waals surface area (Å²) in [5.41, 5.74) is 2.98. The lowest BCUT2D eigenvalue weighted by atomic mass is 9.87. The Morgan fingerprint density at radius 2 is 1.81 bits per heavy atom. The lowest BCUT2D eigenvalue weighted by Crippen LogP contribution is -2.40. The SMILES string of the molecule is NS(=O)(=O)c1ccc(C2(O)C(=O)N(Cc3ccc4ncsc4c3)c3ccccc32)cc1. The quantitative estimate of drug-likeness (QED) is 0.495. The Morgan fingerprint density at radius 3 is 2.55 bits per heavy atom. The van der Waals surface area contributed by atoms with Gasteiger partial charge in [0.1, 0.15) is 0 Å². The molecule has 1 aliphatic heterocycles. The number of fused-ring (bicyclic) bond motifs is 2. The average molecular weight is 452 g/mol. The molecule has 0 spiro atoms. The average Bonchev–Trinajstić information content (AvgIpc) is 3.31. The van der Waals surface area contributed by atoms with Crippen LogP contribution < -0.4 is 10.0 Å². The zero-order valence-electron chi connectivity index (χ0n) is 16.1. The van der Waals surface area contributed by atoms with Gasteiger partial charge in [0.2, 0.25) is 10.0 Å². The van der Waals surface area contributed by atoms with Crippen molar-refractivity contribution in [3.05, 3.63) is 88.9 Å². The number of nitrogens with two attached hydrogens (primary N) is 1. The number of hydrogen-bond donors (Lipinski definition) is 2. The number of benzene rings is 3. The maximum Gasteiger partial charge on any atom is 0.268 e. The first-order valence-corrected chi connectivity index (χ1v) is 11.8. The maximum atomic E-state index is 13.5. The molecule has 3 aromatic carbocycles. The number of carbonyl (C=O) groups is 1. The Balaban J connectivity index is 1.57. The van der Waals surface area contributed by atoms with Crippen LogP contribution in [0, 0.1) is 0 Å². The van der Waals surface area contributed by atoms with Crippen molar-refractivity contribution in [1.29, 1.82) is 0 Å². The smallest absolute Gasteiger partial charge is 0.268 e. The van der Waals surface area contributed by atoms with Crippen LogP contribution in [0.1, 0.15) is 16.7 Å². The summed E-state index contributed by atoms with van der Waals surface area (Å²) in [6.07, 6.45) is 0. The zero-order chi connectivity index (χ0) is 21.8. The molecule has 0 saturated carbocycles. The molecule has 0 fully saturated rings. The first-order chi connectivity index (χ1) is 14.8. The fraction of sp³-hybridized carbons (Fsp3) is 0.0909. The summed E-state index contributed by atoms with van der Waals surface area (Å²) in [7, 11) is -3.88. The minimum atomic E-state index is -3.88. The fourth-order valence-electron chi connectivity index (χ4n) is 3.94. The Labute approximate surface area is 182 Å². The normalized spacial score (nSPS) is 18.5. The third-order valence-electron chi connectivity index (χ3n) is 5.48. The van der Waals surface area contributed by atoms with Crippen LogP contribution in [0.25, 0.3) is 10.2 Å². The van der Waals surface area contributed by atoms with Crippen LogP contribution in [-0.2, 0) is 27.0 Å². The Kier molecular flexibility index (Phi) is 4.45. The first-order valence-electron chi connectivity index (χ1n) is 9.38. The third-order valence-corrected chi connectivity index (χ3v) is 7.20. The van der Waals surface area contributed by atoms with Crippen LogP contribution in [0.5, 0.6) is 0 Å². The summed E-state index contributed by atoms with van der Waals surface area (Å²) in [4.78, 5) is 19.2. The van der Waals surface area contributed by atoms with E-state index >= 15 is 0 Å². The summed E-state index contributed by atoms with van der Waals surface area (Å²) >= 11 is 1.52. The van der Waals surface area contributed by atoms with Gasteiger partial charge in [-0.25, -0.2) is 18.5 Å². The minimum Gasteiger partial charge on any atom is -0.372 e. The highest BCUT2D eigenvalue weighted by atomic mass is 32.2. The van der Waals surface area contributed by atoms with Crippen molar-refractivity contribution in [2.45, 2.75) is 17.0 Å². The molecule has 1 atom stereocenters. The van der Waals surface area contributed by atoms with E-state index in [0.29, 0.717) is 11.3 Å². The maximum absolute atomic E-state index is 13.5. The topological polar surface area (TPSA) is 114 Å². The number of aromatic nitrogens is 1. The van der Waals surface area contributed by atoms with Crippen LogP contribution in [0.4, 0.5) is 5.69 Å². The molecule has 0 radical (unpaired) electrons. The second kappa shape index (κ2) is 6.96. The van der Waals surface area contributed by atoms with Crippen molar-refractivity contribution < 1.29 is 18.3 Å². The second-order valence-electron chi connectivity index (χ2n) is 7.34. The highest BCUT2D eigenvalue weighted by Gasteiger charge is 2.50. The van der Waals surface area contributed by atoms with Gasteiger partial charge in [0, 0.05) is 5.56 Å². The van der Waals surface area contributed by atoms with Gasteiger partial charge in [-0.15, -0.1) is 11.3 Å². The number of carbonyl (C=O) groups excluding carboxylic acids is 1. The Bertz CT molecular complexity index is 1430. The van der Waals surface area contributed by atoms with Crippen LogP contribution in [0.15, 0.2) is 77.1 Å². The number of rotatable bonds is 4. The van der Waals surface area contributed by atoms with E-state index in [2.05, 4.69) is 4.98 Å². The molecule has 5 rings (SSSR count). The van der Waals surface area contributed by atoms with Gasteiger partial charge in [-0.2, -0.15) is 0 Å². The molecule has 4 aromatic rings. The highest BCUT2D eigenvalue weighted by molar-refractivity contribution is 7.89. The number of amides is 1. The number of aliphatic hydroxyl groups is 1. The summed E-state index contributed by atoms with van der Waals surface area (Å²) in [5.74, 6) is -0.499. The van der Waals surface area contributed by atoms with E-state index in [4.69, 9.17) is 5.14 Å². The molecular weight excluding hydrogens is 434 g/mol. The number of anilines is 1. The molecule has 0 aliphatic carbocycles. The Morgan fingerprint density at radius 1 is 1.06 bits per heavy atom. The van der Waals surface area contributed by atoms with E-state index in [1.54, 1.807) is 34.7 Å². The number of nitrogens with zero attached hydrogens (tertiary/aromatic N) is 2. The van der Waals surface area contributed by atoms with E-state index in [0.717, 1.165) is 15.8 Å². The van der Waals surface area contributed by atoms with Crippen molar-refractivity contribution in [2.75, 3.05) is 4.90 Å². The number of primary sulfonamides is 1. The fourth-order valence-corrected chi connectivity index (χ4v) is 5.19. The van der Waals surface area contributed by atoms with Gasteiger partial charge in [-0.3, -0.25) is 4.79 Å². The second-order valence-corrected chi connectivity index (χ2v) is 9.79. The molecule has 1 amide bonds. The third kappa shape index (κ3) is 3.14. The molecule has 3 N–H and O–H groups in total. The predicted molar refractivity (Wildman–Crippen MR) is 118 cm³/mol. The summed E-state index contributed by atoms with van der Waals surface area (Å²) < 4.78 is 24.2. The molecule has 1 unspecified atom stereocenters. The van der Waals surface area contributed by atoms with E-state index < -0.39 is 21.5 Å². The van der Waals surface area contributed by atoms with Crippen LogP contribution in [0.2, 0.25) is 0 Å². The minimum absolute atomic E-state index is 0.0895. The van der Waals surface area contributed by atoms with E-state index in [1.807, 2.05) is 18.2 Å². The van der Waals surface area contributed by atoms with E-state index in [-0.39, 0.29) is 17.0 Å². The lowest BCUT2D eigenvalue weighted by Gasteiger charge is -2.24. The molecule has 9 heteroatoms. The van der Waals surface area contributed by atoms with Gasteiger partial charge in [-0.1, -0.05) is 36.4 Å². The zero-order valence-corrected chi connectivity index (χ0v) is 17.7. The number of thiazole rings is 1. The number of para-hydroxylation sites is 1. The molecule has 2 heterocycles. The molecular formula is C22H17N3O4S2. The standard InChI is InChI=1S/C22H17N3O4S2/c23-31(28,29)16-8-6-15(7-9-16)22(27)17-3-1-2-4-19(17)25(21(22)26)12-14-5-10-18-20(11-14)30-13-24-18/h1-11,13,27H,12H2,(H2,23,28,29). The summed E-state index contributed by atoms with van der Waals surface area (Å²) in [6, 6.07) is 18.3. The van der Waals surface area contributed by atoms with Gasteiger partial charge in [0.15, 0.2) is 5.60 Å². The number of hydrogen-bond acceptors (Lipinski definition) is 6. The van der Waals surface area contributed by atoms with Gasteiger partial charge >= 0.3 is 0 Å². The first kappa shape index (κ1) is 19.8. The molecule has 0 saturated heterocycles. The largest absolute Gasteiger partial charge is 0.372 e. The molecule has 0 bridgehead atoms. The van der Waals surface area contributed by atoms with Crippen molar-refractivity contribution in [3.63, 3.8) is 0 Å². The highest BCUT2D eigenvalue weighted by Crippen LogP contribution is 2.45. The molecule has 31 heavy (non-hydrogen) atoms. The lowest BCUT2D eigenvalue weighted by molar-refractivity contribution is -0.132. The van der Waals surface area contributed by atoms with Crippen molar-refractivity contribution >= 4 is 43.2 Å². The molecule has 1 aromatic heterocycles. The summed E-state index contributed by atoms with van der Waals surface area (Å²) in [5, 5.41) is 16.8. The molecule has 7 nitrogen and oxygen atoms in total. The van der Waals surface area contributed by atoms with E-state index in [9.17, 15) is 18.3 Å². The van der Waals surface area contributed by atoms with E-state index in [1.165, 1.54) is 35.6 Å². The predicted octanol–water partition coefficient (Wildman–Crippen LogP) is 2.73.